The van der Waals surface area contributed by atoms with Crippen LogP contribution in [0.15, 0.2) is 34.2 Å². The third kappa shape index (κ3) is 6.16. The van der Waals surface area contributed by atoms with E-state index in [-0.39, 0.29) is 23.9 Å². The van der Waals surface area contributed by atoms with Crippen molar-refractivity contribution in [1.29, 1.82) is 0 Å². The SMILES string of the molecule is CSc1cc(C)[nH]c(=O)c1CNC(=O)c1cc(-c2cnc(N3CCCC3)nc2)c2c(c1C)OC(C)(C1CCC(N(C)C)CC1)O2. The molecule has 2 fully saturated rings. The molecule has 0 spiro atoms. The number of nitrogens with zero attached hydrogens (tertiary/aromatic N) is 4. The second-order valence-corrected chi connectivity index (χ2v) is 13.8. The zero-order valence-corrected chi connectivity index (χ0v) is 28.0. The number of pyridine rings is 1. The number of thioether (sulfide) groups is 1. The summed E-state index contributed by atoms with van der Waals surface area (Å²) in [5.74, 6) is 0.979. The van der Waals surface area contributed by atoms with Gasteiger partial charge in [-0.05, 0) is 84.9 Å². The molecule has 0 radical (unpaired) electrons. The van der Waals surface area contributed by atoms with Crippen molar-refractivity contribution >= 4 is 23.6 Å². The topological polar surface area (TPSA) is 113 Å². The fourth-order valence-corrected chi connectivity index (χ4v) is 7.66. The van der Waals surface area contributed by atoms with Gasteiger partial charge in [0.2, 0.25) is 5.95 Å². The van der Waals surface area contributed by atoms with Crippen LogP contribution in [0.4, 0.5) is 5.95 Å². The molecular formula is C34H44N6O4S. The zero-order chi connectivity index (χ0) is 31.9. The molecule has 10 nitrogen and oxygen atoms in total. The van der Waals surface area contributed by atoms with Gasteiger partial charge in [-0.3, -0.25) is 9.59 Å². The Morgan fingerprint density at radius 3 is 2.40 bits per heavy atom. The zero-order valence-electron chi connectivity index (χ0n) is 27.2. The number of carbonyl (C=O) groups excluding carboxylic acids is 1. The number of aromatic nitrogens is 3. The monoisotopic (exact) mass is 632 g/mol. The van der Waals surface area contributed by atoms with Crippen molar-refractivity contribution in [2.24, 2.45) is 5.92 Å². The number of hydrogen-bond acceptors (Lipinski definition) is 9. The molecule has 1 unspecified atom stereocenters. The van der Waals surface area contributed by atoms with Gasteiger partial charge in [-0.2, -0.15) is 0 Å². The van der Waals surface area contributed by atoms with Gasteiger partial charge in [0.05, 0.1) is 0 Å². The molecule has 1 aliphatic carbocycles. The van der Waals surface area contributed by atoms with Gasteiger partial charge in [-0.25, -0.2) is 9.97 Å². The maximum absolute atomic E-state index is 13.8. The molecule has 4 heterocycles. The van der Waals surface area contributed by atoms with Gasteiger partial charge in [-0.15, -0.1) is 11.8 Å². The van der Waals surface area contributed by atoms with Crippen molar-refractivity contribution in [2.45, 2.75) is 82.6 Å². The smallest absolute Gasteiger partial charge is 0.254 e. The van der Waals surface area contributed by atoms with Crippen LogP contribution in [0.2, 0.25) is 0 Å². The maximum Gasteiger partial charge on any atom is 0.254 e. The number of rotatable bonds is 8. The highest BCUT2D eigenvalue weighted by molar-refractivity contribution is 7.98. The van der Waals surface area contributed by atoms with E-state index >= 15 is 0 Å². The van der Waals surface area contributed by atoms with Crippen LogP contribution in [0.1, 0.15) is 72.6 Å². The van der Waals surface area contributed by atoms with Gasteiger partial charge < -0.3 is 29.6 Å². The predicted octanol–water partition coefficient (Wildman–Crippen LogP) is 5.31. The molecule has 3 aromatic rings. The van der Waals surface area contributed by atoms with E-state index in [2.05, 4.69) is 34.2 Å². The number of nitrogens with one attached hydrogen (secondary N) is 2. The van der Waals surface area contributed by atoms with E-state index in [9.17, 15) is 9.59 Å². The maximum atomic E-state index is 13.8. The number of fused-ring (bicyclic) bond motifs is 1. The van der Waals surface area contributed by atoms with Crippen LogP contribution in [0.25, 0.3) is 11.1 Å². The van der Waals surface area contributed by atoms with Crippen LogP contribution in [0.5, 0.6) is 11.5 Å². The molecule has 2 aliphatic heterocycles. The summed E-state index contributed by atoms with van der Waals surface area (Å²) in [7, 11) is 4.28. The molecule has 1 amide bonds. The average Bonchev–Trinajstić information content (AvgIpc) is 3.70. The first-order valence-corrected chi connectivity index (χ1v) is 17.1. The molecule has 1 saturated heterocycles. The number of aromatic amines is 1. The number of benzene rings is 1. The fourth-order valence-electron chi connectivity index (χ4n) is 6.96. The third-order valence-corrected chi connectivity index (χ3v) is 10.5. The Hall–Kier alpha value is -3.57. The van der Waals surface area contributed by atoms with E-state index in [0.29, 0.717) is 40.2 Å². The Kier molecular flexibility index (Phi) is 8.85. The van der Waals surface area contributed by atoms with E-state index in [1.165, 1.54) is 11.8 Å². The minimum atomic E-state index is -0.854. The molecule has 6 rings (SSSR count). The fraction of sp³-hybridized carbons (Fsp3) is 0.529. The lowest BCUT2D eigenvalue weighted by molar-refractivity contribution is -0.123. The Morgan fingerprint density at radius 1 is 1.09 bits per heavy atom. The van der Waals surface area contributed by atoms with Crippen LogP contribution >= 0.6 is 11.8 Å². The first kappa shape index (κ1) is 31.4. The molecule has 1 saturated carbocycles. The number of ether oxygens (including phenoxy) is 2. The van der Waals surface area contributed by atoms with Gasteiger partial charge in [0, 0.05) is 89.3 Å². The predicted molar refractivity (Wildman–Crippen MR) is 177 cm³/mol. The summed E-state index contributed by atoms with van der Waals surface area (Å²) in [6.07, 6.45) is 12.0. The Balaban J connectivity index is 1.34. The van der Waals surface area contributed by atoms with Crippen LogP contribution in [0, 0.1) is 19.8 Å². The summed E-state index contributed by atoms with van der Waals surface area (Å²) in [4.78, 5) is 44.2. The molecule has 2 N–H and O–H groups in total. The van der Waals surface area contributed by atoms with E-state index in [4.69, 9.17) is 19.4 Å². The highest BCUT2D eigenvalue weighted by Gasteiger charge is 2.47. The van der Waals surface area contributed by atoms with Crippen molar-refractivity contribution in [2.75, 3.05) is 38.3 Å². The van der Waals surface area contributed by atoms with Crippen molar-refractivity contribution in [1.82, 2.24) is 25.2 Å². The van der Waals surface area contributed by atoms with E-state index < -0.39 is 5.79 Å². The number of anilines is 1. The quantitative estimate of drug-likeness (QED) is 0.319. The average molecular weight is 633 g/mol. The molecular weight excluding hydrogens is 588 g/mol. The van der Waals surface area contributed by atoms with E-state index in [0.717, 1.165) is 73.3 Å². The Morgan fingerprint density at radius 2 is 1.76 bits per heavy atom. The third-order valence-electron chi connectivity index (χ3n) is 9.72. The van der Waals surface area contributed by atoms with E-state index in [1.54, 1.807) is 0 Å². The van der Waals surface area contributed by atoms with Crippen LogP contribution < -0.4 is 25.2 Å². The van der Waals surface area contributed by atoms with Crippen molar-refractivity contribution < 1.29 is 14.3 Å². The highest BCUT2D eigenvalue weighted by Crippen LogP contribution is 2.52. The second-order valence-electron chi connectivity index (χ2n) is 12.9. The number of aryl methyl sites for hydroxylation is 1. The summed E-state index contributed by atoms with van der Waals surface area (Å²) < 4.78 is 13.5. The molecule has 11 heteroatoms. The standard InChI is InChI=1S/C34H44N6O4S/c1-20-15-28(45-6)27(32(42)38-20)19-35-31(41)25-16-26(22-17-36-33(37-18-22)40-13-7-8-14-40)30-29(21(25)2)43-34(3,44-30)23-9-11-24(12-10-23)39(4)5/h15-18,23-24H,7-14,19H2,1-6H3,(H,35,41)(H,38,42). The van der Waals surface area contributed by atoms with Crippen molar-refractivity contribution in [3.63, 3.8) is 0 Å². The number of H-pyrrole nitrogens is 1. The molecule has 1 atom stereocenters. The minimum absolute atomic E-state index is 0.105. The molecule has 45 heavy (non-hydrogen) atoms. The number of carbonyl (C=O) groups is 1. The van der Waals surface area contributed by atoms with Crippen LogP contribution in [0.3, 0.4) is 0 Å². The lowest BCUT2D eigenvalue weighted by atomic mass is 9.81. The first-order chi connectivity index (χ1) is 21.6. The highest BCUT2D eigenvalue weighted by atomic mass is 32.2. The van der Waals surface area contributed by atoms with Crippen molar-refractivity contribution in [3.05, 3.63) is 57.3 Å². The Bertz CT molecular complexity index is 1630. The largest absolute Gasteiger partial charge is 0.448 e. The number of amides is 1. The summed E-state index contributed by atoms with van der Waals surface area (Å²) in [5, 5.41) is 3.00. The summed E-state index contributed by atoms with van der Waals surface area (Å²) >= 11 is 1.49. The summed E-state index contributed by atoms with van der Waals surface area (Å²) in [6.45, 7) is 7.79. The van der Waals surface area contributed by atoms with Crippen LogP contribution in [-0.4, -0.2) is 71.0 Å². The van der Waals surface area contributed by atoms with Crippen molar-refractivity contribution in [3.8, 4) is 22.6 Å². The number of hydrogen-bond donors (Lipinski definition) is 2. The Labute approximate surface area is 269 Å². The summed E-state index contributed by atoms with van der Waals surface area (Å²) in [6, 6.07) is 4.33. The molecule has 0 bridgehead atoms. The van der Waals surface area contributed by atoms with Gasteiger partial charge in [0.15, 0.2) is 11.5 Å². The lowest BCUT2D eigenvalue weighted by Gasteiger charge is -2.39. The second kappa shape index (κ2) is 12.7. The van der Waals surface area contributed by atoms with E-state index in [1.807, 2.05) is 51.6 Å². The molecule has 240 valence electrons. The molecule has 1 aromatic carbocycles. The van der Waals surface area contributed by atoms with Gasteiger partial charge in [0.25, 0.3) is 17.3 Å². The van der Waals surface area contributed by atoms with Crippen LogP contribution in [-0.2, 0) is 6.54 Å². The van der Waals surface area contributed by atoms with Gasteiger partial charge in [-0.1, -0.05) is 0 Å². The minimum Gasteiger partial charge on any atom is -0.448 e. The van der Waals surface area contributed by atoms with Gasteiger partial charge in [0.1, 0.15) is 0 Å². The molecule has 2 aromatic heterocycles. The molecule has 3 aliphatic rings. The van der Waals surface area contributed by atoms with Gasteiger partial charge >= 0.3 is 0 Å². The normalized spacial score (nSPS) is 22.7. The first-order valence-electron chi connectivity index (χ1n) is 15.9. The summed E-state index contributed by atoms with van der Waals surface area (Å²) in [5.41, 5.74) is 3.77. The lowest BCUT2D eigenvalue weighted by Crippen LogP contribution is -2.46.